The van der Waals surface area contributed by atoms with Gasteiger partial charge in [-0.15, -0.1) is 0 Å². The number of hydrogen-bond acceptors (Lipinski definition) is 5. The number of nitrogens with zero attached hydrogens (tertiary/aromatic N) is 3. The SMILES string of the molecule is CCN(CCO)c1ccc(S(=O)(=O)N2CCCCC2)cn1. The second kappa shape index (κ2) is 7.20. The fraction of sp³-hybridized carbons (Fsp3) is 0.643. The molecule has 7 heteroatoms. The van der Waals surface area contributed by atoms with Crippen LogP contribution in [-0.4, -0.2) is 55.6 Å². The summed E-state index contributed by atoms with van der Waals surface area (Å²) < 4.78 is 26.5. The molecule has 1 aromatic heterocycles. The molecule has 0 amide bonds. The molecule has 0 spiro atoms. The normalized spacial score (nSPS) is 16.9. The van der Waals surface area contributed by atoms with Gasteiger partial charge in [0.05, 0.1) is 6.61 Å². The minimum atomic E-state index is -3.42. The van der Waals surface area contributed by atoms with Gasteiger partial charge in [-0.1, -0.05) is 6.42 Å². The quantitative estimate of drug-likeness (QED) is 0.850. The predicted molar refractivity (Wildman–Crippen MR) is 81.8 cm³/mol. The van der Waals surface area contributed by atoms with Gasteiger partial charge < -0.3 is 10.0 Å². The van der Waals surface area contributed by atoms with Crippen LogP contribution in [0.4, 0.5) is 5.82 Å². The fourth-order valence-electron chi connectivity index (χ4n) is 2.52. The van der Waals surface area contributed by atoms with Crippen molar-refractivity contribution in [1.82, 2.24) is 9.29 Å². The lowest BCUT2D eigenvalue weighted by molar-refractivity contribution is 0.302. The molecule has 2 heterocycles. The Hall–Kier alpha value is -1.18. The molecule has 0 bridgehead atoms. The highest BCUT2D eigenvalue weighted by molar-refractivity contribution is 7.89. The van der Waals surface area contributed by atoms with Crippen molar-refractivity contribution in [1.29, 1.82) is 0 Å². The zero-order valence-electron chi connectivity index (χ0n) is 12.4. The second-order valence-corrected chi connectivity index (χ2v) is 7.06. The number of piperidine rings is 1. The number of hydrogen-bond donors (Lipinski definition) is 1. The molecular weight excluding hydrogens is 290 g/mol. The molecule has 21 heavy (non-hydrogen) atoms. The largest absolute Gasteiger partial charge is 0.395 e. The minimum Gasteiger partial charge on any atom is -0.395 e. The Morgan fingerprint density at radius 1 is 1.29 bits per heavy atom. The second-order valence-electron chi connectivity index (χ2n) is 5.12. The molecule has 0 unspecified atom stereocenters. The van der Waals surface area contributed by atoms with Crippen LogP contribution in [0.15, 0.2) is 23.2 Å². The minimum absolute atomic E-state index is 0.0450. The van der Waals surface area contributed by atoms with Crippen LogP contribution >= 0.6 is 0 Å². The van der Waals surface area contributed by atoms with E-state index in [0.717, 1.165) is 19.3 Å². The standard InChI is InChI=1S/C14H23N3O3S/c1-2-16(10-11-18)14-7-6-13(12-15-14)21(19,20)17-8-4-3-5-9-17/h6-7,12,18H,2-5,8-11H2,1H3. The molecule has 0 saturated carbocycles. The third kappa shape index (κ3) is 3.72. The van der Waals surface area contributed by atoms with Gasteiger partial charge in [-0.05, 0) is 31.9 Å². The van der Waals surface area contributed by atoms with Gasteiger partial charge in [0.25, 0.3) is 0 Å². The molecule has 0 aliphatic carbocycles. The number of sulfonamides is 1. The summed E-state index contributed by atoms with van der Waals surface area (Å²) in [6, 6.07) is 3.31. The van der Waals surface area contributed by atoms with Crippen LogP contribution in [0.5, 0.6) is 0 Å². The molecule has 2 rings (SSSR count). The zero-order chi connectivity index (χ0) is 15.3. The maximum Gasteiger partial charge on any atom is 0.244 e. The van der Waals surface area contributed by atoms with Crippen molar-refractivity contribution >= 4 is 15.8 Å². The molecule has 1 aliphatic rings. The van der Waals surface area contributed by atoms with Crippen molar-refractivity contribution in [3.05, 3.63) is 18.3 Å². The van der Waals surface area contributed by atoms with Gasteiger partial charge in [-0.2, -0.15) is 4.31 Å². The first-order chi connectivity index (χ1) is 10.1. The van der Waals surface area contributed by atoms with Crippen molar-refractivity contribution in [2.45, 2.75) is 31.1 Å². The van der Waals surface area contributed by atoms with Crippen LogP contribution in [0.2, 0.25) is 0 Å². The van der Waals surface area contributed by atoms with Crippen molar-refractivity contribution in [3.8, 4) is 0 Å². The van der Waals surface area contributed by atoms with Crippen LogP contribution in [0.1, 0.15) is 26.2 Å². The number of likely N-dealkylation sites (N-methyl/N-ethyl adjacent to an activating group) is 1. The van der Waals surface area contributed by atoms with Crippen LogP contribution in [0.3, 0.4) is 0 Å². The van der Waals surface area contributed by atoms with Crippen molar-refractivity contribution < 1.29 is 13.5 Å². The summed E-state index contributed by atoms with van der Waals surface area (Å²) in [5.74, 6) is 0.684. The third-order valence-electron chi connectivity index (χ3n) is 3.75. The summed E-state index contributed by atoms with van der Waals surface area (Å²) in [5, 5.41) is 9.01. The van der Waals surface area contributed by atoms with E-state index in [1.807, 2.05) is 11.8 Å². The number of aliphatic hydroxyl groups is 1. The van der Waals surface area contributed by atoms with E-state index in [9.17, 15) is 8.42 Å². The Balaban J connectivity index is 2.17. The molecule has 1 N–H and O–H groups in total. The maximum atomic E-state index is 12.5. The molecule has 0 aromatic carbocycles. The Labute approximate surface area is 126 Å². The number of aliphatic hydroxyl groups excluding tert-OH is 1. The maximum absolute atomic E-state index is 12.5. The van der Waals surface area contributed by atoms with Gasteiger partial charge >= 0.3 is 0 Å². The van der Waals surface area contributed by atoms with E-state index in [4.69, 9.17) is 5.11 Å². The average Bonchev–Trinajstić information content (AvgIpc) is 2.53. The molecule has 1 aliphatic heterocycles. The molecule has 0 atom stereocenters. The summed E-state index contributed by atoms with van der Waals surface area (Å²) in [6.07, 6.45) is 4.35. The Bertz CT molecular complexity index is 539. The summed E-state index contributed by atoms with van der Waals surface area (Å²) >= 11 is 0. The third-order valence-corrected chi connectivity index (χ3v) is 5.63. The van der Waals surface area contributed by atoms with Gasteiger partial charge in [0.1, 0.15) is 10.7 Å². The molecule has 1 aromatic rings. The fourth-order valence-corrected chi connectivity index (χ4v) is 3.98. The Kier molecular flexibility index (Phi) is 5.55. The van der Waals surface area contributed by atoms with E-state index in [1.165, 1.54) is 6.20 Å². The molecular formula is C14H23N3O3S. The number of pyridine rings is 1. The van der Waals surface area contributed by atoms with E-state index in [2.05, 4.69) is 4.98 Å². The van der Waals surface area contributed by atoms with Crippen LogP contribution in [0.25, 0.3) is 0 Å². The lowest BCUT2D eigenvalue weighted by Gasteiger charge is -2.26. The van der Waals surface area contributed by atoms with E-state index < -0.39 is 10.0 Å². The first-order valence-electron chi connectivity index (χ1n) is 7.41. The molecule has 0 radical (unpaired) electrons. The topological polar surface area (TPSA) is 73.7 Å². The van der Waals surface area contributed by atoms with Crippen molar-refractivity contribution in [2.24, 2.45) is 0 Å². The highest BCUT2D eigenvalue weighted by atomic mass is 32.2. The van der Waals surface area contributed by atoms with Crippen LogP contribution in [-0.2, 0) is 10.0 Å². The lowest BCUT2D eigenvalue weighted by atomic mass is 10.2. The van der Waals surface area contributed by atoms with E-state index >= 15 is 0 Å². The highest BCUT2D eigenvalue weighted by Crippen LogP contribution is 2.21. The summed E-state index contributed by atoms with van der Waals surface area (Å²) in [4.78, 5) is 6.38. The molecule has 118 valence electrons. The average molecular weight is 313 g/mol. The van der Waals surface area contributed by atoms with E-state index in [-0.39, 0.29) is 11.5 Å². The van der Waals surface area contributed by atoms with Crippen molar-refractivity contribution in [2.75, 3.05) is 37.7 Å². The number of aromatic nitrogens is 1. The smallest absolute Gasteiger partial charge is 0.244 e. The summed E-state index contributed by atoms with van der Waals surface area (Å²) in [7, 11) is -3.42. The number of anilines is 1. The highest BCUT2D eigenvalue weighted by Gasteiger charge is 2.26. The van der Waals surface area contributed by atoms with Crippen LogP contribution < -0.4 is 4.90 Å². The first kappa shape index (κ1) is 16.2. The van der Waals surface area contributed by atoms with Gasteiger partial charge in [-0.25, -0.2) is 13.4 Å². The van der Waals surface area contributed by atoms with Gasteiger partial charge in [0.2, 0.25) is 10.0 Å². The van der Waals surface area contributed by atoms with Crippen molar-refractivity contribution in [3.63, 3.8) is 0 Å². The van der Waals surface area contributed by atoms with Gasteiger partial charge in [0.15, 0.2) is 0 Å². The summed E-state index contributed by atoms with van der Waals surface area (Å²) in [6.45, 7) is 4.40. The van der Waals surface area contributed by atoms with Gasteiger partial charge in [0, 0.05) is 32.4 Å². The monoisotopic (exact) mass is 313 g/mol. The van der Waals surface area contributed by atoms with Gasteiger partial charge in [-0.3, -0.25) is 0 Å². The lowest BCUT2D eigenvalue weighted by Crippen LogP contribution is -2.35. The van der Waals surface area contributed by atoms with Crippen LogP contribution in [0, 0.1) is 0 Å². The van der Waals surface area contributed by atoms with E-state index in [1.54, 1.807) is 16.4 Å². The Morgan fingerprint density at radius 2 is 2.00 bits per heavy atom. The predicted octanol–water partition coefficient (Wildman–Crippen LogP) is 1.07. The number of rotatable bonds is 6. The molecule has 1 fully saturated rings. The summed E-state index contributed by atoms with van der Waals surface area (Å²) in [5.41, 5.74) is 0. The Morgan fingerprint density at radius 3 is 2.52 bits per heavy atom. The van der Waals surface area contributed by atoms with E-state index in [0.29, 0.717) is 32.0 Å². The first-order valence-corrected chi connectivity index (χ1v) is 8.85. The molecule has 1 saturated heterocycles. The molecule has 6 nitrogen and oxygen atoms in total. The zero-order valence-corrected chi connectivity index (χ0v) is 13.2.